The van der Waals surface area contributed by atoms with Crippen LogP contribution in [0.1, 0.15) is 19.4 Å². The Morgan fingerprint density at radius 3 is 2.52 bits per heavy atom. The van der Waals surface area contributed by atoms with E-state index in [4.69, 9.17) is 9.47 Å². The third-order valence-electron chi connectivity index (χ3n) is 3.39. The molecule has 2 aromatic carbocycles. The summed E-state index contributed by atoms with van der Waals surface area (Å²) in [5.41, 5.74) is -0.0312. The fraction of sp³-hybridized carbons (Fsp3) is 0.222. The van der Waals surface area contributed by atoms with Crippen LogP contribution in [0, 0.1) is 10.1 Å². The van der Waals surface area contributed by atoms with Gasteiger partial charge in [-0.25, -0.2) is 4.79 Å². The lowest BCUT2D eigenvalue weighted by Crippen LogP contribution is -2.33. The van der Waals surface area contributed by atoms with Gasteiger partial charge >= 0.3 is 11.9 Å². The van der Waals surface area contributed by atoms with E-state index in [1.54, 1.807) is 25.1 Å². The van der Waals surface area contributed by atoms with Crippen LogP contribution < -0.4 is 0 Å². The quantitative estimate of drug-likeness (QED) is 0.454. The van der Waals surface area contributed by atoms with Crippen LogP contribution in [0.15, 0.2) is 48.2 Å². The number of hydrogen-bond acceptors (Lipinski definition) is 6. The van der Waals surface area contributed by atoms with Crippen molar-refractivity contribution in [3.63, 3.8) is 0 Å². The van der Waals surface area contributed by atoms with E-state index in [0.29, 0.717) is 5.56 Å². The van der Waals surface area contributed by atoms with Gasteiger partial charge in [0, 0.05) is 13.0 Å². The first-order valence-electron chi connectivity index (χ1n) is 7.61. The molecular formula is C18H17NO6. The molecule has 25 heavy (non-hydrogen) atoms. The molecule has 0 amide bonds. The topological polar surface area (TPSA) is 95.7 Å². The molecule has 0 aliphatic rings. The highest BCUT2D eigenvalue weighted by Gasteiger charge is 2.36. The Balaban J connectivity index is 2.56. The van der Waals surface area contributed by atoms with Gasteiger partial charge in [0.1, 0.15) is 0 Å². The average molecular weight is 343 g/mol. The molecule has 7 nitrogen and oxygen atoms in total. The summed E-state index contributed by atoms with van der Waals surface area (Å²) in [6.45, 7) is 2.64. The lowest BCUT2D eigenvalue weighted by Gasteiger charge is -2.13. The molecule has 0 aliphatic carbocycles. The average Bonchev–Trinajstić information content (AvgIpc) is 2.57. The Morgan fingerprint density at radius 2 is 1.88 bits per heavy atom. The van der Waals surface area contributed by atoms with Crippen molar-refractivity contribution in [2.24, 2.45) is 0 Å². The van der Waals surface area contributed by atoms with Crippen LogP contribution in [0.25, 0.3) is 16.8 Å². The zero-order chi connectivity index (χ0) is 18.4. The van der Waals surface area contributed by atoms with Gasteiger partial charge < -0.3 is 9.47 Å². The number of rotatable bonds is 6. The Kier molecular flexibility index (Phi) is 5.84. The Labute approximate surface area is 144 Å². The highest BCUT2D eigenvalue weighted by atomic mass is 16.6. The Hall–Kier alpha value is -3.22. The fourth-order valence-electron chi connectivity index (χ4n) is 2.37. The number of carbonyl (C=O) groups excluding carboxylic acids is 2. The maximum absolute atomic E-state index is 12.0. The normalized spacial score (nSPS) is 12.5. The van der Waals surface area contributed by atoms with E-state index in [1.807, 2.05) is 24.3 Å². The van der Waals surface area contributed by atoms with Crippen LogP contribution >= 0.6 is 0 Å². The maximum Gasteiger partial charge on any atom is 0.358 e. The molecule has 0 aliphatic heterocycles. The number of carbonyl (C=O) groups is 2. The Bertz CT molecular complexity index is 837. The second kappa shape index (κ2) is 8.05. The molecule has 0 N–H and O–H groups in total. The van der Waals surface area contributed by atoms with Crippen molar-refractivity contribution in [2.75, 3.05) is 6.61 Å². The van der Waals surface area contributed by atoms with Crippen molar-refractivity contribution < 1.29 is 24.0 Å². The van der Waals surface area contributed by atoms with Crippen molar-refractivity contribution in [1.82, 2.24) is 0 Å². The third kappa shape index (κ3) is 4.41. The predicted octanol–water partition coefficient (Wildman–Crippen LogP) is 2.95. The van der Waals surface area contributed by atoms with Gasteiger partial charge in [0.25, 0.3) is 11.8 Å². The molecule has 2 aromatic rings. The molecular weight excluding hydrogens is 326 g/mol. The summed E-state index contributed by atoms with van der Waals surface area (Å²) in [5.74, 6) is -1.80. The van der Waals surface area contributed by atoms with Crippen LogP contribution in [0.5, 0.6) is 0 Å². The smallest absolute Gasteiger partial charge is 0.358 e. The second-order valence-electron chi connectivity index (χ2n) is 5.14. The van der Waals surface area contributed by atoms with E-state index >= 15 is 0 Å². The molecule has 1 atom stereocenters. The summed E-state index contributed by atoms with van der Waals surface area (Å²) in [6, 6.07) is 12.6. The number of benzene rings is 2. The zero-order valence-electron chi connectivity index (χ0n) is 13.8. The first kappa shape index (κ1) is 18.1. The van der Waals surface area contributed by atoms with E-state index in [9.17, 15) is 19.7 Å². The minimum absolute atomic E-state index is 0.00978. The molecule has 7 heteroatoms. The summed E-state index contributed by atoms with van der Waals surface area (Å²) in [5, 5.41) is 13.2. The van der Waals surface area contributed by atoms with Crippen molar-refractivity contribution in [1.29, 1.82) is 0 Å². The summed E-state index contributed by atoms with van der Waals surface area (Å²) in [6.07, 6.45) is -0.501. The van der Waals surface area contributed by atoms with Crippen molar-refractivity contribution in [3.8, 4) is 0 Å². The van der Waals surface area contributed by atoms with Crippen LogP contribution in [0.2, 0.25) is 0 Å². The highest BCUT2D eigenvalue weighted by molar-refractivity contribution is 5.92. The molecule has 0 bridgehead atoms. The van der Waals surface area contributed by atoms with Gasteiger partial charge in [-0.15, -0.1) is 0 Å². The molecule has 0 radical (unpaired) electrons. The number of nitrogens with zero attached hydrogens (tertiary/aromatic N) is 1. The summed E-state index contributed by atoms with van der Waals surface area (Å²) >= 11 is 0. The second-order valence-corrected chi connectivity index (χ2v) is 5.14. The molecule has 0 spiro atoms. The van der Waals surface area contributed by atoms with Crippen LogP contribution in [-0.4, -0.2) is 29.6 Å². The van der Waals surface area contributed by atoms with Crippen LogP contribution in [0.4, 0.5) is 0 Å². The van der Waals surface area contributed by atoms with Crippen molar-refractivity contribution in [3.05, 3.63) is 63.8 Å². The summed E-state index contributed by atoms with van der Waals surface area (Å²) in [7, 11) is 0. The van der Waals surface area contributed by atoms with Gasteiger partial charge in [0.15, 0.2) is 0 Å². The molecule has 0 saturated carbocycles. The molecule has 0 aromatic heterocycles. The lowest BCUT2D eigenvalue weighted by atomic mass is 10.0. The van der Waals surface area contributed by atoms with E-state index in [2.05, 4.69) is 0 Å². The van der Waals surface area contributed by atoms with Crippen molar-refractivity contribution >= 4 is 28.8 Å². The summed E-state index contributed by atoms with van der Waals surface area (Å²) < 4.78 is 9.65. The summed E-state index contributed by atoms with van der Waals surface area (Å²) in [4.78, 5) is 34.1. The van der Waals surface area contributed by atoms with E-state index < -0.39 is 28.7 Å². The molecule has 0 heterocycles. The van der Waals surface area contributed by atoms with Gasteiger partial charge in [-0.3, -0.25) is 14.9 Å². The number of esters is 2. The van der Waals surface area contributed by atoms with Crippen LogP contribution in [0.3, 0.4) is 0 Å². The van der Waals surface area contributed by atoms with Gasteiger partial charge in [0.05, 0.1) is 11.5 Å². The van der Waals surface area contributed by atoms with Crippen molar-refractivity contribution in [2.45, 2.75) is 20.0 Å². The molecule has 2 rings (SSSR count). The minimum atomic E-state index is -1.73. The zero-order valence-corrected chi connectivity index (χ0v) is 13.8. The molecule has 1 unspecified atom stereocenters. The highest BCUT2D eigenvalue weighted by Crippen LogP contribution is 2.23. The van der Waals surface area contributed by atoms with E-state index in [1.165, 1.54) is 6.08 Å². The van der Waals surface area contributed by atoms with E-state index in [-0.39, 0.29) is 6.61 Å². The molecule has 0 saturated heterocycles. The monoisotopic (exact) mass is 343 g/mol. The van der Waals surface area contributed by atoms with Gasteiger partial charge in [0.2, 0.25) is 0 Å². The number of ether oxygens (including phenoxy) is 2. The van der Waals surface area contributed by atoms with E-state index in [0.717, 1.165) is 17.7 Å². The standard InChI is InChI=1S/C18H17NO6/c1-3-24-18(21)17(25-12(2)20)16(19(22)23)11-14-9-6-8-13-7-4-5-10-15(13)14/h4-11,17H,3H2,1-2H3/b16-11+. The van der Waals surface area contributed by atoms with Crippen LogP contribution in [-0.2, 0) is 19.1 Å². The predicted molar refractivity (Wildman–Crippen MR) is 91.1 cm³/mol. The lowest BCUT2D eigenvalue weighted by molar-refractivity contribution is -0.432. The maximum atomic E-state index is 12.0. The first-order chi connectivity index (χ1) is 11.9. The SMILES string of the molecule is CCOC(=O)C(OC(C)=O)/C(=C\c1cccc2ccccc12)[N+](=O)[O-]. The number of nitro groups is 1. The third-order valence-corrected chi connectivity index (χ3v) is 3.39. The number of hydrogen-bond donors (Lipinski definition) is 0. The van der Waals surface area contributed by atoms with Gasteiger partial charge in [-0.1, -0.05) is 42.5 Å². The van der Waals surface area contributed by atoms with Gasteiger partial charge in [-0.05, 0) is 23.3 Å². The Morgan fingerprint density at radius 1 is 1.20 bits per heavy atom. The molecule has 130 valence electrons. The fourth-order valence-corrected chi connectivity index (χ4v) is 2.37. The van der Waals surface area contributed by atoms with Gasteiger partial charge in [-0.2, -0.15) is 0 Å². The minimum Gasteiger partial charge on any atom is -0.463 e. The largest absolute Gasteiger partial charge is 0.463 e. The molecule has 0 fully saturated rings. The number of fused-ring (bicyclic) bond motifs is 1. The first-order valence-corrected chi connectivity index (χ1v) is 7.61.